The van der Waals surface area contributed by atoms with Crippen molar-refractivity contribution in [2.75, 3.05) is 0 Å². The summed E-state index contributed by atoms with van der Waals surface area (Å²) in [6.45, 7) is 2.15. The molecule has 1 aliphatic rings. The van der Waals surface area contributed by atoms with E-state index < -0.39 is 24.3 Å². The summed E-state index contributed by atoms with van der Waals surface area (Å²) < 4.78 is 0. The van der Waals surface area contributed by atoms with Crippen LogP contribution >= 0.6 is 0 Å². The molecule has 0 radical (unpaired) electrons. The van der Waals surface area contributed by atoms with Crippen molar-refractivity contribution in [3.63, 3.8) is 0 Å². The molecule has 0 saturated heterocycles. The van der Waals surface area contributed by atoms with Gasteiger partial charge in [-0.25, -0.2) is 0 Å². The van der Waals surface area contributed by atoms with E-state index in [9.17, 15) is 20.1 Å². The molecule has 0 bridgehead atoms. The van der Waals surface area contributed by atoms with Gasteiger partial charge in [0.05, 0.1) is 18.3 Å². The lowest BCUT2D eigenvalue weighted by Gasteiger charge is -2.21. The van der Waals surface area contributed by atoms with Crippen molar-refractivity contribution >= 4 is 5.97 Å². The van der Waals surface area contributed by atoms with Crippen LogP contribution in [0.15, 0.2) is 54.6 Å². The van der Waals surface area contributed by atoms with E-state index in [0.29, 0.717) is 32.1 Å². The van der Waals surface area contributed by atoms with Crippen LogP contribution in [0.25, 0.3) is 0 Å². The zero-order chi connectivity index (χ0) is 22.6. The average molecular weight is 431 g/mol. The Hall–Kier alpha value is -1.95. The van der Waals surface area contributed by atoms with Crippen LogP contribution in [-0.4, -0.2) is 44.7 Å². The SMILES string of the molecule is CCCC(C[C@H](O)/C=C/[C@@H]1[C@@H](C/C=C/CCCC(=O)O)[C@@H](O)C[C@H]1O)c1ccccc1. The highest BCUT2D eigenvalue weighted by Crippen LogP contribution is 2.36. The first-order valence-electron chi connectivity index (χ1n) is 11.6. The highest BCUT2D eigenvalue weighted by atomic mass is 16.4. The number of unbranched alkanes of at least 4 members (excludes halogenated alkanes) is 1. The van der Waals surface area contributed by atoms with Crippen LogP contribution in [0.1, 0.15) is 69.8 Å². The summed E-state index contributed by atoms with van der Waals surface area (Å²) in [4.78, 5) is 10.6. The van der Waals surface area contributed by atoms with E-state index in [2.05, 4.69) is 19.1 Å². The van der Waals surface area contributed by atoms with E-state index in [1.807, 2.05) is 36.4 Å². The van der Waals surface area contributed by atoms with E-state index in [0.717, 1.165) is 12.8 Å². The van der Waals surface area contributed by atoms with E-state index >= 15 is 0 Å². The largest absolute Gasteiger partial charge is 0.481 e. The lowest BCUT2D eigenvalue weighted by atomic mass is 9.87. The van der Waals surface area contributed by atoms with Gasteiger partial charge in [-0.2, -0.15) is 0 Å². The second-order valence-electron chi connectivity index (χ2n) is 8.69. The standard InChI is InChI=1S/C26H38O5/c1-2-10-20(19-11-6-5-7-12-19)17-21(27)15-16-23-22(24(28)18-25(23)29)13-8-3-4-9-14-26(30)31/h3,5-8,11-12,15-16,20-25,27-29H,2,4,9-10,13-14,17-18H2,1H3,(H,30,31)/b8-3+,16-15+/t20?,21-,22-,23-,24+,25-/m1/s1. The van der Waals surface area contributed by atoms with Crippen molar-refractivity contribution in [1.29, 1.82) is 0 Å². The molecule has 5 nitrogen and oxygen atoms in total. The van der Waals surface area contributed by atoms with Crippen molar-refractivity contribution in [3.05, 3.63) is 60.2 Å². The molecule has 0 heterocycles. The Balaban J connectivity index is 1.92. The third kappa shape index (κ3) is 8.60. The summed E-state index contributed by atoms with van der Waals surface area (Å²) in [5.74, 6) is -0.807. The van der Waals surface area contributed by atoms with Gasteiger partial charge >= 0.3 is 5.97 Å². The molecule has 1 aliphatic carbocycles. The molecule has 0 aromatic heterocycles. The molecule has 0 amide bonds. The number of hydrogen-bond donors (Lipinski definition) is 4. The number of hydrogen-bond acceptors (Lipinski definition) is 4. The van der Waals surface area contributed by atoms with Crippen molar-refractivity contribution in [3.8, 4) is 0 Å². The number of carbonyl (C=O) groups is 1. The van der Waals surface area contributed by atoms with Crippen LogP contribution in [0, 0.1) is 11.8 Å². The predicted molar refractivity (Wildman–Crippen MR) is 123 cm³/mol. The molecule has 172 valence electrons. The molecule has 2 rings (SSSR count). The summed E-state index contributed by atoms with van der Waals surface area (Å²) in [7, 11) is 0. The predicted octanol–water partition coefficient (Wildman–Crippen LogP) is 4.44. The molecule has 1 fully saturated rings. The second-order valence-corrected chi connectivity index (χ2v) is 8.69. The Morgan fingerprint density at radius 2 is 1.90 bits per heavy atom. The van der Waals surface area contributed by atoms with Gasteiger partial charge in [0.1, 0.15) is 0 Å². The van der Waals surface area contributed by atoms with Crippen LogP contribution in [0.4, 0.5) is 0 Å². The highest BCUT2D eigenvalue weighted by Gasteiger charge is 2.39. The zero-order valence-electron chi connectivity index (χ0n) is 18.5. The van der Waals surface area contributed by atoms with Crippen LogP contribution in [-0.2, 0) is 4.79 Å². The molecule has 0 spiro atoms. The first-order valence-corrected chi connectivity index (χ1v) is 11.6. The second kappa shape index (κ2) is 13.5. The molecule has 5 heteroatoms. The Kier molecular flexibility index (Phi) is 11.0. The van der Waals surface area contributed by atoms with E-state index in [1.54, 1.807) is 6.08 Å². The van der Waals surface area contributed by atoms with E-state index in [1.165, 1.54) is 5.56 Å². The van der Waals surface area contributed by atoms with Gasteiger partial charge in [0.2, 0.25) is 0 Å². The maximum atomic E-state index is 10.6. The summed E-state index contributed by atoms with van der Waals surface area (Å²) in [5, 5.41) is 40.1. The lowest BCUT2D eigenvalue weighted by Crippen LogP contribution is -2.20. The van der Waals surface area contributed by atoms with Gasteiger partial charge in [0.15, 0.2) is 0 Å². The Labute approximate surface area is 186 Å². The number of benzene rings is 1. The molecule has 1 unspecified atom stereocenters. The molecule has 31 heavy (non-hydrogen) atoms. The minimum atomic E-state index is -0.792. The number of carboxylic acid groups (broad SMARTS) is 1. The average Bonchev–Trinajstić information content (AvgIpc) is 3.01. The fourth-order valence-electron chi connectivity index (χ4n) is 4.57. The molecule has 4 N–H and O–H groups in total. The van der Waals surface area contributed by atoms with Gasteiger partial charge in [-0.15, -0.1) is 0 Å². The third-order valence-electron chi connectivity index (χ3n) is 6.24. The Bertz CT molecular complexity index is 699. The maximum absolute atomic E-state index is 10.6. The van der Waals surface area contributed by atoms with Gasteiger partial charge in [-0.3, -0.25) is 4.79 Å². The minimum Gasteiger partial charge on any atom is -0.481 e. The number of carboxylic acids is 1. The number of allylic oxidation sites excluding steroid dienone is 2. The van der Waals surface area contributed by atoms with Gasteiger partial charge in [0.25, 0.3) is 0 Å². The lowest BCUT2D eigenvalue weighted by molar-refractivity contribution is -0.137. The summed E-state index contributed by atoms with van der Waals surface area (Å²) in [6, 6.07) is 10.3. The van der Waals surface area contributed by atoms with Crippen molar-refractivity contribution < 1.29 is 25.2 Å². The molecule has 1 aromatic carbocycles. The summed E-state index contributed by atoms with van der Waals surface area (Å²) in [5.41, 5.74) is 1.24. The van der Waals surface area contributed by atoms with E-state index in [-0.39, 0.29) is 24.2 Å². The van der Waals surface area contributed by atoms with Gasteiger partial charge in [0, 0.05) is 18.8 Å². The molecular formula is C26H38O5. The Morgan fingerprint density at radius 3 is 2.58 bits per heavy atom. The van der Waals surface area contributed by atoms with Crippen molar-refractivity contribution in [1.82, 2.24) is 0 Å². The quantitative estimate of drug-likeness (QED) is 0.274. The van der Waals surface area contributed by atoms with Gasteiger partial charge in [-0.1, -0.05) is 68.0 Å². The van der Waals surface area contributed by atoms with Crippen molar-refractivity contribution in [2.45, 2.75) is 82.5 Å². The fraction of sp³-hybridized carbons (Fsp3) is 0.577. The fourth-order valence-corrected chi connectivity index (χ4v) is 4.57. The van der Waals surface area contributed by atoms with Crippen LogP contribution in [0.5, 0.6) is 0 Å². The first-order chi connectivity index (χ1) is 14.9. The van der Waals surface area contributed by atoms with E-state index in [4.69, 9.17) is 5.11 Å². The van der Waals surface area contributed by atoms with Crippen molar-refractivity contribution in [2.24, 2.45) is 11.8 Å². The number of rotatable bonds is 13. The van der Waals surface area contributed by atoms with Gasteiger partial charge < -0.3 is 20.4 Å². The highest BCUT2D eigenvalue weighted by molar-refractivity contribution is 5.66. The topological polar surface area (TPSA) is 98.0 Å². The zero-order valence-corrected chi connectivity index (χ0v) is 18.5. The molecule has 1 aromatic rings. The maximum Gasteiger partial charge on any atom is 0.303 e. The molecular weight excluding hydrogens is 392 g/mol. The van der Waals surface area contributed by atoms with Crippen LogP contribution < -0.4 is 0 Å². The van der Waals surface area contributed by atoms with Crippen LogP contribution in [0.3, 0.4) is 0 Å². The monoisotopic (exact) mass is 430 g/mol. The molecule has 0 aliphatic heterocycles. The van der Waals surface area contributed by atoms with Gasteiger partial charge in [-0.05, 0) is 49.5 Å². The number of aliphatic carboxylic acids is 1. The molecule has 6 atom stereocenters. The minimum absolute atomic E-state index is 0.102. The summed E-state index contributed by atoms with van der Waals surface area (Å²) >= 11 is 0. The number of aliphatic hydroxyl groups excluding tert-OH is 3. The summed E-state index contributed by atoms with van der Waals surface area (Å²) in [6.07, 6.45) is 10.9. The number of aliphatic hydroxyl groups is 3. The smallest absolute Gasteiger partial charge is 0.303 e. The van der Waals surface area contributed by atoms with Crippen LogP contribution in [0.2, 0.25) is 0 Å². The first kappa shape index (κ1) is 25.3. The third-order valence-corrected chi connectivity index (χ3v) is 6.24. The molecule has 1 saturated carbocycles. The normalized spacial score (nSPS) is 25.9. The Morgan fingerprint density at radius 1 is 1.16 bits per heavy atom.